The Kier molecular flexibility index (Phi) is 31.4. The van der Waals surface area contributed by atoms with Crippen LogP contribution in [-0.4, -0.2) is 41.9 Å². The summed E-state index contributed by atoms with van der Waals surface area (Å²) in [6.45, 7) is 4.49. The summed E-state index contributed by atoms with van der Waals surface area (Å²) in [6, 6.07) is -1.05. The molecule has 0 rings (SSSR count). The first kappa shape index (κ1) is 43.1. The molecule has 2 unspecified atom stereocenters. The molecule has 0 radical (unpaired) electrons. The van der Waals surface area contributed by atoms with Gasteiger partial charge in [0.25, 0.3) is 10.1 Å². The van der Waals surface area contributed by atoms with Crippen molar-refractivity contribution < 1.29 is 22.9 Å². The minimum Gasteiger partial charge on any atom is -0.387 e. The van der Waals surface area contributed by atoms with Crippen molar-refractivity contribution in [3.8, 4) is 0 Å². The molecule has 0 aromatic rings. The Morgan fingerprint density at radius 1 is 0.591 bits per heavy atom. The lowest BCUT2D eigenvalue weighted by atomic mass is 10.0. The largest absolute Gasteiger partial charge is 0.387 e. The minimum atomic E-state index is -4.33. The second-order valence-corrected chi connectivity index (χ2v) is 14.7. The fourth-order valence-electron chi connectivity index (χ4n) is 5.86. The van der Waals surface area contributed by atoms with Crippen LogP contribution in [0.3, 0.4) is 0 Å². The van der Waals surface area contributed by atoms with Gasteiger partial charge in [-0.25, -0.2) is 0 Å². The minimum absolute atomic E-state index is 0.277. The van der Waals surface area contributed by atoms with Gasteiger partial charge in [0.05, 0.1) is 17.9 Å². The lowest BCUT2D eigenvalue weighted by molar-refractivity contribution is -0.122. The van der Waals surface area contributed by atoms with Gasteiger partial charge in [-0.1, -0.05) is 187 Å². The van der Waals surface area contributed by atoms with E-state index in [1.54, 1.807) is 6.08 Å². The molecule has 0 heterocycles. The summed E-state index contributed by atoms with van der Waals surface area (Å²) in [5.74, 6) is -0.970. The Morgan fingerprint density at radius 2 is 0.932 bits per heavy atom. The van der Waals surface area contributed by atoms with E-state index in [4.69, 9.17) is 0 Å². The van der Waals surface area contributed by atoms with Crippen LogP contribution in [0.4, 0.5) is 0 Å². The average molecular weight is 644 g/mol. The molecule has 3 N–H and O–H groups in total. The second kappa shape index (κ2) is 32.0. The molecular formula is C37H73NO5S. The van der Waals surface area contributed by atoms with Crippen LogP contribution >= 0.6 is 0 Å². The number of allylic oxidation sites excluding steroid dienone is 1. The van der Waals surface area contributed by atoms with Gasteiger partial charge < -0.3 is 10.4 Å². The smallest absolute Gasteiger partial charge is 0.267 e. The maximum Gasteiger partial charge on any atom is 0.267 e. The highest BCUT2D eigenvalue weighted by Gasteiger charge is 2.24. The normalized spacial score (nSPS) is 13.5. The van der Waals surface area contributed by atoms with Crippen LogP contribution in [0, 0.1) is 0 Å². The quantitative estimate of drug-likeness (QED) is 0.0368. The van der Waals surface area contributed by atoms with Gasteiger partial charge in [0.2, 0.25) is 5.91 Å². The first-order valence-electron chi connectivity index (χ1n) is 18.9. The zero-order valence-electron chi connectivity index (χ0n) is 29.1. The number of hydrogen-bond acceptors (Lipinski definition) is 4. The van der Waals surface area contributed by atoms with Crippen molar-refractivity contribution in [2.45, 2.75) is 212 Å². The van der Waals surface area contributed by atoms with E-state index in [1.165, 1.54) is 141 Å². The Morgan fingerprint density at radius 3 is 1.30 bits per heavy atom. The Hall–Kier alpha value is -0.920. The lowest BCUT2D eigenvalue weighted by Gasteiger charge is -2.21. The zero-order valence-corrected chi connectivity index (χ0v) is 29.9. The number of carbonyl (C=O) groups excluding carboxylic acids is 1. The van der Waals surface area contributed by atoms with E-state index in [0.717, 1.165) is 38.5 Å². The molecule has 0 aliphatic rings. The highest BCUT2D eigenvalue weighted by atomic mass is 32.2. The van der Waals surface area contributed by atoms with Gasteiger partial charge in [0.1, 0.15) is 0 Å². The third kappa shape index (κ3) is 32.5. The van der Waals surface area contributed by atoms with Gasteiger partial charge in [0, 0.05) is 6.42 Å². The summed E-state index contributed by atoms with van der Waals surface area (Å²) >= 11 is 0. The van der Waals surface area contributed by atoms with E-state index in [1.807, 2.05) is 6.08 Å². The third-order valence-electron chi connectivity index (χ3n) is 8.71. The van der Waals surface area contributed by atoms with E-state index >= 15 is 0 Å². The molecule has 0 fully saturated rings. The Labute approximate surface area is 273 Å². The number of amides is 1. The van der Waals surface area contributed by atoms with Gasteiger partial charge in [-0.2, -0.15) is 8.42 Å². The molecular weight excluding hydrogens is 570 g/mol. The van der Waals surface area contributed by atoms with Crippen molar-refractivity contribution in [1.82, 2.24) is 5.32 Å². The maximum atomic E-state index is 12.4. The Bertz CT molecular complexity index is 755. The van der Waals surface area contributed by atoms with Gasteiger partial charge >= 0.3 is 0 Å². The fourth-order valence-corrected chi connectivity index (χ4v) is 6.60. The predicted octanol–water partition coefficient (Wildman–Crippen LogP) is 10.6. The summed E-state index contributed by atoms with van der Waals surface area (Å²) in [4.78, 5) is 12.4. The number of aliphatic hydroxyl groups excluding tert-OH is 1. The van der Waals surface area contributed by atoms with Gasteiger partial charge in [0.15, 0.2) is 0 Å². The molecule has 0 aliphatic heterocycles. The number of aliphatic hydroxyl groups is 1. The van der Waals surface area contributed by atoms with Crippen LogP contribution < -0.4 is 5.32 Å². The first-order chi connectivity index (χ1) is 21.3. The Balaban J connectivity index is 3.85. The first-order valence-corrected chi connectivity index (χ1v) is 20.5. The molecule has 0 saturated carbocycles. The van der Waals surface area contributed by atoms with E-state index in [9.17, 15) is 22.9 Å². The molecule has 0 bridgehead atoms. The van der Waals surface area contributed by atoms with Crippen molar-refractivity contribution in [2.75, 3.05) is 5.75 Å². The number of rotatable bonds is 34. The maximum absolute atomic E-state index is 12.4. The summed E-state index contributed by atoms with van der Waals surface area (Å²) in [7, 11) is -4.33. The lowest BCUT2D eigenvalue weighted by Crippen LogP contribution is -2.46. The van der Waals surface area contributed by atoms with Gasteiger partial charge in [-0.05, 0) is 19.3 Å². The van der Waals surface area contributed by atoms with Crippen LogP contribution in [0.1, 0.15) is 200 Å². The molecule has 0 aromatic heterocycles. The number of carbonyl (C=O) groups is 1. The van der Waals surface area contributed by atoms with E-state index in [2.05, 4.69) is 19.2 Å². The molecule has 0 aromatic carbocycles. The predicted molar refractivity (Wildman–Crippen MR) is 189 cm³/mol. The van der Waals surface area contributed by atoms with Crippen molar-refractivity contribution in [3.63, 3.8) is 0 Å². The summed E-state index contributed by atoms with van der Waals surface area (Å²) in [5.41, 5.74) is 0. The van der Waals surface area contributed by atoms with Crippen LogP contribution in [0.15, 0.2) is 12.2 Å². The third-order valence-corrected chi connectivity index (χ3v) is 9.49. The van der Waals surface area contributed by atoms with Crippen molar-refractivity contribution in [3.05, 3.63) is 12.2 Å². The fraction of sp³-hybridized carbons (Fsp3) is 0.919. The summed E-state index contributed by atoms with van der Waals surface area (Å²) in [5, 5.41) is 13.1. The molecule has 6 nitrogen and oxygen atoms in total. The summed E-state index contributed by atoms with van der Waals surface area (Å²) < 4.78 is 32.3. The van der Waals surface area contributed by atoms with Crippen LogP contribution in [0.5, 0.6) is 0 Å². The standard InChI is InChI=1S/C37H73NO5S/c1-3-5-7-9-11-13-15-16-17-18-19-20-21-22-23-25-27-29-31-33-37(40)38-35(34-44(41,42)43)36(39)32-30-28-26-24-14-12-10-8-6-4-2/h30,32,35-36,39H,3-29,31,33-34H2,1-2H3,(H,38,40)(H,41,42,43)/b32-30+. The van der Waals surface area contributed by atoms with Crippen LogP contribution in [0.25, 0.3) is 0 Å². The molecule has 2 atom stereocenters. The molecule has 0 spiro atoms. The van der Waals surface area contributed by atoms with Crippen LogP contribution in [0.2, 0.25) is 0 Å². The SMILES string of the molecule is CCCCCCCCCC/C=C/C(O)C(CS(=O)(=O)O)NC(=O)CCCCCCCCCCCCCCCCCCCCC. The molecule has 7 heteroatoms. The van der Waals surface area contributed by atoms with Crippen molar-refractivity contribution in [1.29, 1.82) is 0 Å². The second-order valence-electron chi connectivity index (χ2n) is 13.2. The van der Waals surface area contributed by atoms with E-state index in [0.29, 0.717) is 6.42 Å². The highest BCUT2D eigenvalue weighted by Crippen LogP contribution is 2.15. The molecule has 0 saturated heterocycles. The number of nitrogens with one attached hydrogen (secondary N) is 1. The highest BCUT2D eigenvalue weighted by molar-refractivity contribution is 7.85. The van der Waals surface area contributed by atoms with Crippen LogP contribution in [-0.2, 0) is 14.9 Å². The number of unbranched alkanes of at least 4 members (excludes halogenated alkanes) is 26. The van der Waals surface area contributed by atoms with E-state index < -0.39 is 28.0 Å². The van der Waals surface area contributed by atoms with Gasteiger partial charge in [-0.15, -0.1) is 0 Å². The zero-order chi connectivity index (χ0) is 32.6. The molecule has 44 heavy (non-hydrogen) atoms. The molecule has 1 amide bonds. The molecule has 262 valence electrons. The number of hydrogen-bond donors (Lipinski definition) is 3. The topological polar surface area (TPSA) is 104 Å². The van der Waals surface area contributed by atoms with Crippen molar-refractivity contribution in [2.24, 2.45) is 0 Å². The monoisotopic (exact) mass is 644 g/mol. The molecule has 0 aliphatic carbocycles. The van der Waals surface area contributed by atoms with E-state index in [-0.39, 0.29) is 5.91 Å². The average Bonchev–Trinajstić information content (AvgIpc) is 2.98. The van der Waals surface area contributed by atoms with Gasteiger partial charge in [-0.3, -0.25) is 9.35 Å². The summed E-state index contributed by atoms with van der Waals surface area (Å²) in [6.07, 6.45) is 37.7. The van der Waals surface area contributed by atoms with Crippen molar-refractivity contribution >= 4 is 16.0 Å².